The lowest BCUT2D eigenvalue weighted by molar-refractivity contribution is 0.101. The zero-order valence-corrected chi connectivity index (χ0v) is 10.1. The zero-order valence-electron chi connectivity index (χ0n) is 10.1. The fourth-order valence-electron chi connectivity index (χ4n) is 1.65. The molecule has 0 aliphatic heterocycles. The van der Waals surface area contributed by atoms with Gasteiger partial charge in [0.25, 0.3) is 0 Å². The molecule has 2 aromatic rings. The molecule has 2 heterocycles. The molecule has 0 aromatic carbocycles. The van der Waals surface area contributed by atoms with Crippen LogP contribution in [0.15, 0.2) is 24.5 Å². The van der Waals surface area contributed by atoms with Gasteiger partial charge in [-0.3, -0.25) is 9.78 Å². The molecule has 0 atom stereocenters. The largest absolute Gasteiger partial charge is 0.294 e. The lowest BCUT2D eigenvalue weighted by Gasteiger charge is -2.05. The maximum absolute atomic E-state index is 11.3. The van der Waals surface area contributed by atoms with E-state index in [1.807, 2.05) is 19.1 Å². The highest BCUT2D eigenvalue weighted by Crippen LogP contribution is 2.17. The molecule has 0 bridgehead atoms. The molecule has 17 heavy (non-hydrogen) atoms. The van der Waals surface area contributed by atoms with Gasteiger partial charge in [-0.25, -0.2) is 9.97 Å². The number of aromatic nitrogens is 3. The Bertz CT molecular complexity index is 579. The van der Waals surface area contributed by atoms with Crippen LogP contribution in [0.4, 0.5) is 0 Å². The van der Waals surface area contributed by atoms with E-state index in [0.29, 0.717) is 17.1 Å². The van der Waals surface area contributed by atoms with Crippen molar-refractivity contribution in [3.05, 3.63) is 41.3 Å². The van der Waals surface area contributed by atoms with Crippen LogP contribution in [0.2, 0.25) is 0 Å². The normalized spacial score (nSPS) is 10.3. The minimum absolute atomic E-state index is 0.0215. The molecular formula is C13H13N3O. The van der Waals surface area contributed by atoms with Crippen LogP contribution in [0.3, 0.4) is 0 Å². The predicted molar refractivity (Wildman–Crippen MR) is 64.7 cm³/mol. The highest BCUT2D eigenvalue weighted by atomic mass is 16.1. The van der Waals surface area contributed by atoms with E-state index in [-0.39, 0.29) is 5.78 Å². The Labute approximate surface area is 99.8 Å². The van der Waals surface area contributed by atoms with Gasteiger partial charge in [0.05, 0.1) is 11.3 Å². The Morgan fingerprint density at radius 3 is 2.59 bits per heavy atom. The summed E-state index contributed by atoms with van der Waals surface area (Å²) in [6, 6.07) is 3.83. The molecule has 0 spiro atoms. The molecule has 0 amide bonds. The van der Waals surface area contributed by atoms with Gasteiger partial charge >= 0.3 is 0 Å². The van der Waals surface area contributed by atoms with E-state index >= 15 is 0 Å². The quantitative estimate of drug-likeness (QED) is 0.739. The van der Waals surface area contributed by atoms with Crippen LogP contribution in [0.5, 0.6) is 0 Å². The molecule has 0 unspecified atom stereocenters. The Morgan fingerprint density at radius 1 is 1.24 bits per heavy atom. The minimum Gasteiger partial charge on any atom is -0.294 e. The summed E-state index contributed by atoms with van der Waals surface area (Å²) in [4.78, 5) is 24.1. The molecule has 0 radical (unpaired) electrons. The number of hydrogen-bond acceptors (Lipinski definition) is 4. The maximum atomic E-state index is 11.3. The van der Waals surface area contributed by atoms with Gasteiger partial charge in [0.2, 0.25) is 0 Å². The van der Waals surface area contributed by atoms with E-state index in [4.69, 9.17) is 0 Å². The lowest BCUT2D eigenvalue weighted by Crippen LogP contribution is -2.03. The molecule has 0 saturated carbocycles. The molecule has 4 nitrogen and oxygen atoms in total. The SMILES string of the molecule is CC(=O)c1cnc(-c2ncccc2C)nc1C. The van der Waals surface area contributed by atoms with Gasteiger partial charge in [-0.2, -0.15) is 0 Å². The van der Waals surface area contributed by atoms with Crippen LogP contribution in [0.1, 0.15) is 28.5 Å². The topological polar surface area (TPSA) is 55.7 Å². The van der Waals surface area contributed by atoms with Crippen molar-refractivity contribution in [1.82, 2.24) is 15.0 Å². The summed E-state index contributed by atoms with van der Waals surface area (Å²) >= 11 is 0. The molecule has 4 heteroatoms. The zero-order chi connectivity index (χ0) is 12.4. The van der Waals surface area contributed by atoms with Crippen molar-refractivity contribution in [2.24, 2.45) is 0 Å². The predicted octanol–water partition coefficient (Wildman–Crippen LogP) is 2.36. The van der Waals surface area contributed by atoms with E-state index in [0.717, 1.165) is 11.3 Å². The summed E-state index contributed by atoms with van der Waals surface area (Å²) in [5.74, 6) is 0.539. The van der Waals surface area contributed by atoms with Crippen molar-refractivity contribution in [3.8, 4) is 11.5 Å². The first-order chi connectivity index (χ1) is 8.09. The number of ketones is 1. The molecule has 0 aliphatic rings. The first kappa shape index (κ1) is 11.4. The van der Waals surface area contributed by atoms with E-state index in [1.54, 1.807) is 19.3 Å². The summed E-state index contributed by atoms with van der Waals surface area (Å²) in [5.41, 5.74) is 3.02. The fraction of sp³-hybridized carbons (Fsp3) is 0.231. The van der Waals surface area contributed by atoms with Crippen LogP contribution in [-0.4, -0.2) is 20.7 Å². The maximum Gasteiger partial charge on any atom is 0.178 e. The molecule has 86 valence electrons. The number of pyridine rings is 1. The summed E-state index contributed by atoms with van der Waals surface area (Å²) in [5, 5.41) is 0. The van der Waals surface area contributed by atoms with E-state index in [1.165, 1.54) is 6.92 Å². The number of Topliss-reactive ketones (excluding diaryl/α,β-unsaturated/α-hetero) is 1. The van der Waals surface area contributed by atoms with Crippen molar-refractivity contribution in [1.29, 1.82) is 0 Å². The summed E-state index contributed by atoms with van der Waals surface area (Å²) in [6.07, 6.45) is 3.27. The summed E-state index contributed by atoms with van der Waals surface area (Å²) in [6.45, 7) is 5.28. The van der Waals surface area contributed by atoms with Crippen LogP contribution >= 0.6 is 0 Å². The number of nitrogens with zero attached hydrogens (tertiary/aromatic N) is 3. The molecule has 0 aliphatic carbocycles. The summed E-state index contributed by atoms with van der Waals surface area (Å²) < 4.78 is 0. The van der Waals surface area contributed by atoms with Crippen molar-refractivity contribution in [3.63, 3.8) is 0 Å². The third kappa shape index (κ3) is 2.20. The average molecular weight is 227 g/mol. The first-order valence-corrected chi connectivity index (χ1v) is 5.36. The van der Waals surface area contributed by atoms with Crippen molar-refractivity contribution in [2.45, 2.75) is 20.8 Å². The lowest BCUT2D eigenvalue weighted by atomic mass is 10.1. The second-order valence-electron chi connectivity index (χ2n) is 3.92. The van der Waals surface area contributed by atoms with Gasteiger partial charge in [0, 0.05) is 12.4 Å². The van der Waals surface area contributed by atoms with Crippen LogP contribution < -0.4 is 0 Å². The van der Waals surface area contributed by atoms with Crippen molar-refractivity contribution in [2.75, 3.05) is 0 Å². The Morgan fingerprint density at radius 2 is 2.00 bits per heavy atom. The second-order valence-corrected chi connectivity index (χ2v) is 3.92. The van der Waals surface area contributed by atoms with Gasteiger partial charge in [-0.15, -0.1) is 0 Å². The number of hydrogen-bond donors (Lipinski definition) is 0. The highest BCUT2D eigenvalue weighted by molar-refractivity contribution is 5.94. The van der Waals surface area contributed by atoms with E-state index in [2.05, 4.69) is 15.0 Å². The Hall–Kier alpha value is -2.10. The number of rotatable bonds is 2. The van der Waals surface area contributed by atoms with Gasteiger partial charge in [0.15, 0.2) is 11.6 Å². The third-order valence-corrected chi connectivity index (χ3v) is 2.58. The molecule has 2 rings (SSSR count). The van der Waals surface area contributed by atoms with E-state index < -0.39 is 0 Å². The average Bonchev–Trinajstić information content (AvgIpc) is 2.29. The minimum atomic E-state index is -0.0215. The smallest absolute Gasteiger partial charge is 0.178 e. The first-order valence-electron chi connectivity index (χ1n) is 5.36. The summed E-state index contributed by atoms with van der Waals surface area (Å²) in [7, 11) is 0. The molecular weight excluding hydrogens is 214 g/mol. The Kier molecular flexibility index (Phi) is 2.95. The highest BCUT2D eigenvalue weighted by Gasteiger charge is 2.10. The monoisotopic (exact) mass is 227 g/mol. The molecule has 0 N–H and O–H groups in total. The van der Waals surface area contributed by atoms with Crippen molar-refractivity contribution >= 4 is 5.78 Å². The second kappa shape index (κ2) is 4.41. The molecule has 0 saturated heterocycles. The standard InChI is InChI=1S/C13H13N3O/c1-8-5-4-6-14-12(8)13-15-7-11(10(3)17)9(2)16-13/h4-7H,1-3H3. The van der Waals surface area contributed by atoms with Gasteiger partial charge in [-0.1, -0.05) is 6.07 Å². The third-order valence-electron chi connectivity index (χ3n) is 2.58. The van der Waals surface area contributed by atoms with Crippen molar-refractivity contribution < 1.29 is 4.79 Å². The van der Waals surface area contributed by atoms with Crippen LogP contribution in [-0.2, 0) is 0 Å². The van der Waals surface area contributed by atoms with Crippen LogP contribution in [0, 0.1) is 13.8 Å². The fourth-order valence-corrected chi connectivity index (χ4v) is 1.65. The van der Waals surface area contributed by atoms with Gasteiger partial charge in [0.1, 0.15) is 5.69 Å². The van der Waals surface area contributed by atoms with Crippen LogP contribution in [0.25, 0.3) is 11.5 Å². The molecule has 2 aromatic heterocycles. The molecule has 0 fully saturated rings. The number of carbonyl (C=O) groups is 1. The van der Waals surface area contributed by atoms with E-state index in [9.17, 15) is 4.79 Å². The number of aryl methyl sites for hydroxylation is 2. The Balaban J connectivity index is 2.52. The van der Waals surface area contributed by atoms with Gasteiger partial charge in [-0.05, 0) is 32.4 Å². The van der Waals surface area contributed by atoms with Gasteiger partial charge < -0.3 is 0 Å². The number of carbonyl (C=O) groups excluding carboxylic acids is 1.